The van der Waals surface area contributed by atoms with Crippen molar-refractivity contribution in [2.45, 2.75) is 31.7 Å². The van der Waals surface area contributed by atoms with E-state index in [9.17, 15) is 4.79 Å². The van der Waals surface area contributed by atoms with E-state index in [4.69, 9.17) is 0 Å². The SMILES string of the molecule is O=C1NC(C2CCCC2)c2cc(Br)ccc21. The maximum absolute atomic E-state index is 11.8. The summed E-state index contributed by atoms with van der Waals surface area (Å²) >= 11 is 3.48. The average molecular weight is 280 g/mol. The normalized spacial score (nSPS) is 24.6. The molecule has 1 aliphatic carbocycles. The Balaban J connectivity index is 1.99. The van der Waals surface area contributed by atoms with E-state index in [0.29, 0.717) is 5.92 Å². The second-order valence-electron chi connectivity index (χ2n) is 4.73. The minimum Gasteiger partial charge on any atom is -0.345 e. The standard InChI is InChI=1S/C13H14BrNO/c14-9-5-6-10-11(7-9)12(15-13(10)16)8-3-1-2-4-8/h5-8,12H,1-4H2,(H,15,16). The number of benzene rings is 1. The predicted octanol–water partition coefficient (Wildman–Crippen LogP) is 3.42. The molecule has 1 atom stereocenters. The molecule has 1 fully saturated rings. The third kappa shape index (κ3) is 1.58. The zero-order valence-corrected chi connectivity index (χ0v) is 10.6. The first kappa shape index (κ1) is 10.3. The van der Waals surface area contributed by atoms with Gasteiger partial charge in [0.2, 0.25) is 0 Å². The largest absolute Gasteiger partial charge is 0.345 e. The molecule has 0 aromatic heterocycles. The molecule has 2 nitrogen and oxygen atoms in total. The van der Waals surface area contributed by atoms with E-state index in [1.807, 2.05) is 12.1 Å². The van der Waals surface area contributed by atoms with Gasteiger partial charge < -0.3 is 5.32 Å². The molecular weight excluding hydrogens is 266 g/mol. The van der Waals surface area contributed by atoms with Gasteiger partial charge >= 0.3 is 0 Å². The van der Waals surface area contributed by atoms with Crippen molar-refractivity contribution in [1.82, 2.24) is 5.32 Å². The summed E-state index contributed by atoms with van der Waals surface area (Å²) < 4.78 is 1.06. The van der Waals surface area contributed by atoms with Crippen molar-refractivity contribution >= 4 is 21.8 Å². The fourth-order valence-corrected chi connectivity index (χ4v) is 3.34. The summed E-state index contributed by atoms with van der Waals surface area (Å²) in [4.78, 5) is 11.8. The van der Waals surface area contributed by atoms with Crippen LogP contribution < -0.4 is 5.32 Å². The third-order valence-corrected chi connectivity index (χ3v) is 4.24. The number of halogens is 1. The second-order valence-corrected chi connectivity index (χ2v) is 5.64. The van der Waals surface area contributed by atoms with Gasteiger partial charge in [0.15, 0.2) is 0 Å². The van der Waals surface area contributed by atoms with Gasteiger partial charge in [-0.25, -0.2) is 0 Å². The van der Waals surface area contributed by atoms with E-state index < -0.39 is 0 Å². The van der Waals surface area contributed by atoms with Crippen LogP contribution in [0.5, 0.6) is 0 Å². The number of amides is 1. The van der Waals surface area contributed by atoms with Crippen LogP contribution in [-0.4, -0.2) is 5.91 Å². The number of hydrogen-bond donors (Lipinski definition) is 1. The number of carbonyl (C=O) groups excluding carboxylic acids is 1. The first-order valence-corrected chi connectivity index (χ1v) is 6.65. The molecule has 1 aliphatic heterocycles. The van der Waals surface area contributed by atoms with Crippen LogP contribution in [0.25, 0.3) is 0 Å². The summed E-state index contributed by atoms with van der Waals surface area (Å²) in [5, 5.41) is 3.13. The number of carbonyl (C=O) groups is 1. The Morgan fingerprint density at radius 1 is 1.25 bits per heavy atom. The molecule has 1 aromatic rings. The Morgan fingerprint density at radius 3 is 2.75 bits per heavy atom. The first-order valence-electron chi connectivity index (χ1n) is 5.86. The molecule has 1 unspecified atom stereocenters. The quantitative estimate of drug-likeness (QED) is 0.839. The topological polar surface area (TPSA) is 29.1 Å². The molecule has 1 saturated carbocycles. The lowest BCUT2D eigenvalue weighted by molar-refractivity contribution is 0.0946. The minimum atomic E-state index is 0.0967. The number of nitrogens with one attached hydrogen (secondary N) is 1. The van der Waals surface area contributed by atoms with E-state index in [1.165, 1.54) is 31.2 Å². The number of fused-ring (bicyclic) bond motifs is 1. The highest BCUT2D eigenvalue weighted by Gasteiger charge is 2.35. The lowest BCUT2D eigenvalue weighted by Crippen LogP contribution is -2.24. The molecular formula is C13H14BrNO. The van der Waals surface area contributed by atoms with Crippen molar-refractivity contribution < 1.29 is 4.79 Å². The third-order valence-electron chi connectivity index (χ3n) is 3.75. The van der Waals surface area contributed by atoms with E-state index in [0.717, 1.165) is 10.0 Å². The molecule has 16 heavy (non-hydrogen) atoms. The van der Waals surface area contributed by atoms with Gasteiger partial charge in [-0.05, 0) is 42.5 Å². The van der Waals surface area contributed by atoms with Gasteiger partial charge in [0.1, 0.15) is 0 Å². The zero-order chi connectivity index (χ0) is 11.1. The number of rotatable bonds is 1. The van der Waals surface area contributed by atoms with Gasteiger partial charge in [0.05, 0.1) is 6.04 Å². The highest BCUT2D eigenvalue weighted by Crippen LogP contribution is 2.40. The Labute approximate surface area is 104 Å². The van der Waals surface area contributed by atoms with Crippen molar-refractivity contribution in [3.05, 3.63) is 33.8 Å². The average Bonchev–Trinajstić information content (AvgIpc) is 2.86. The van der Waals surface area contributed by atoms with Gasteiger partial charge in [-0.2, -0.15) is 0 Å². The molecule has 1 amide bonds. The van der Waals surface area contributed by atoms with Crippen molar-refractivity contribution in [1.29, 1.82) is 0 Å². The van der Waals surface area contributed by atoms with Gasteiger partial charge in [-0.15, -0.1) is 0 Å². The van der Waals surface area contributed by atoms with Crippen molar-refractivity contribution in [3.8, 4) is 0 Å². The lowest BCUT2D eigenvalue weighted by atomic mass is 9.92. The summed E-state index contributed by atoms with van der Waals surface area (Å²) in [6, 6.07) is 6.21. The summed E-state index contributed by atoms with van der Waals surface area (Å²) in [7, 11) is 0. The first-order chi connectivity index (χ1) is 7.75. The van der Waals surface area contributed by atoms with Gasteiger partial charge in [0, 0.05) is 10.0 Å². The van der Waals surface area contributed by atoms with Crippen molar-refractivity contribution in [2.24, 2.45) is 5.92 Å². The Kier molecular flexibility index (Phi) is 2.51. The Hall–Kier alpha value is -0.830. The second kappa shape index (κ2) is 3.88. The fraction of sp³-hybridized carbons (Fsp3) is 0.462. The Morgan fingerprint density at radius 2 is 2.00 bits per heavy atom. The minimum absolute atomic E-state index is 0.0967. The maximum atomic E-state index is 11.8. The van der Waals surface area contributed by atoms with Gasteiger partial charge in [-0.3, -0.25) is 4.79 Å². The molecule has 1 aromatic carbocycles. The predicted molar refractivity (Wildman–Crippen MR) is 66.3 cm³/mol. The van der Waals surface area contributed by atoms with Crippen LogP contribution in [0, 0.1) is 5.92 Å². The van der Waals surface area contributed by atoms with E-state index in [1.54, 1.807) is 0 Å². The summed E-state index contributed by atoms with van der Waals surface area (Å²) in [6.07, 6.45) is 5.11. The van der Waals surface area contributed by atoms with Crippen LogP contribution in [0.3, 0.4) is 0 Å². The smallest absolute Gasteiger partial charge is 0.252 e. The molecule has 0 radical (unpaired) electrons. The van der Waals surface area contributed by atoms with E-state index in [2.05, 4.69) is 27.3 Å². The maximum Gasteiger partial charge on any atom is 0.252 e. The van der Waals surface area contributed by atoms with E-state index >= 15 is 0 Å². The molecule has 3 rings (SSSR count). The van der Waals surface area contributed by atoms with Crippen LogP contribution >= 0.6 is 15.9 Å². The van der Waals surface area contributed by atoms with Gasteiger partial charge in [-0.1, -0.05) is 28.8 Å². The van der Waals surface area contributed by atoms with E-state index in [-0.39, 0.29) is 11.9 Å². The highest BCUT2D eigenvalue weighted by molar-refractivity contribution is 9.10. The molecule has 1 heterocycles. The molecule has 1 N–H and O–H groups in total. The summed E-state index contributed by atoms with van der Waals surface area (Å²) in [5.41, 5.74) is 2.05. The van der Waals surface area contributed by atoms with Crippen LogP contribution in [0.1, 0.15) is 47.6 Å². The molecule has 3 heteroatoms. The van der Waals surface area contributed by atoms with Crippen LogP contribution in [0.4, 0.5) is 0 Å². The highest BCUT2D eigenvalue weighted by atomic mass is 79.9. The molecule has 0 spiro atoms. The molecule has 2 aliphatic rings. The lowest BCUT2D eigenvalue weighted by Gasteiger charge is -2.19. The Bertz CT molecular complexity index is 438. The van der Waals surface area contributed by atoms with Crippen LogP contribution in [0.15, 0.2) is 22.7 Å². The molecule has 0 saturated heterocycles. The molecule has 84 valence electrons. The zero-order valence-electron chi connectivity index (χ0n) is 9.00. The monoisotopic (exact) mass is 279 g/mol. The van der Waals surface area contributed by atoms with Crippen molar-refractivity contribution in [3.63, 3.8) is 0 Å². The van der Waals surface area contributed by atoms with Gasteiger partial charge in [0.25, 0.3) is 5.91 Å². The summed E-state index contributed by atoms with van der Waals surface area (Å²) in [6.45, 7) is 0. The summed E-state index contributed by atoms with van der Waals surface area (Å²) in [5.74, 6) is 0.735. The van der Waals surface area contributed by atoms with Crippen molar-refractivity contribution in [2.75, 3.05) is 0 Å². The fourth-order valence-electron chi connectivity index (χ4n) is 2.96. The van der Waals surface area contributed by atoms with Crippen LogP contribution in [-0.2, 0) is 0 Å². The van der Waals surface area contributed by atoms with Crippen LogP contribution in [0.2, 0.25) is 0 Å². The number of hydrogen-bond acceptors (Lipinski definition) is 1. The molecule has 0 bridgehead atoms.